The summed E-state index contributed by atoms with van der Waals surface area (Å²) in [5.41, 5.74) is 0.429. The number of aromatic hydroxyl groups is 1. The van der Waals surface area contributed by atoms with Crippen molar-refractivity contribution in [3.05, 3.63) is 28.8 Å². The van der Waals surface area contributed by atoms with E-state index in [1.807, 2.05) is 13.8 Å². The van der Waals surface area contributed by atoms with Gasteiger partial charge in [-0.2, -0.15) is 0 Å². The Morgan fingerprint density at radius 2 is 2.00 bits per heavy atom. The van der Waals surface area contributed by atoms with Crippen molar-refractivity contribution in [3.63, 3.8) is 0 Å². The molecule has 0 radical (unpaired) electrons. The molecule has 1 aromatic carbocycles. The number of phenolic OH excluding ortho intramolecular Hbond substituents is 1. The number of carbonyl (C=O) groups is 1. The molecule has 0 bridgehead atoms. The van der Waals surface area contributed by atoms with Crippen molar-refractivity contribution in [2.45, 2.75) is 13.8 Å². The van der Waals surface area contributed by atoms with E-state index in [0.717, 1.165) is 0 Å². The van der Waals surface area contributed by atoms with E-state index in [1.54, 1.807) is 11.0 Å². The zero-order chi connectivity index (χ0) is 11.4. The molecule has 0 aliphatic carbocycles. The van der Waals surface area contributed by atoms with E-state index in [2.05, 4.69) is 0 Å². The first kappa shape index (κ1) is 11.9. The van der Waals surface area contributed by atoms with Crippen molar-refractivity contribution in [2.24, 2.45) is 0 Å². The van der Waals surface area contributed by atoms with E-state index in [-0.39, 0.29) is 16.7 Å². The minimum Gasteiger partial charge on any atom is -0.508 e. The van der Waals surface area contributed by atoms with Gasteiger partial charge in [0.15, 0.2) is 0 Å². The van der Waals surface area contributed by atoms with Gasteiger partial charge in [0.25, 0.3) is 5.91 Å². The van der Waals surface area contributed by atoms with Gasteiger partial charge in [-0.3, -0.25) is 4.79 Å². The minimum absolute atomic E-state index is 0.0658. The van der Waals surface area contributed by atoms with E-state index in [9.17, 15) is 4.79 Å². The van der Waals surface area contributed by atoms with Crippen LogP contribution >= 0.6 is 11.6 Å². The van der Waals surface area contributed by atoms with Crippen molar-refractivity contribution < 1.29 is 9.90 Å². The van der Waals surface area contributed by atoms with Gasteiger partial charge in [0, 0.05) is 13.1 Å². The van der Waals surface area contributed by atoms with Gasteiger partial charge < -0.3 is 10.0 Å². The Hall–Kier alpha value is -1.22. The Balaban J connectivity index is 3.00. The second kappa shape index (κ2) is 5.03. The zero-order valence-corrected chi connectivity index (χ0v) is 9.58. The Morgan fingerprint density at radius 3 is 2.47 bits per heavy atom. The van der Waals surface area contributed by atoms with Crippen LogP contribution < -0.4 is 0 Å². The number of halogens is 1. The smallest absolute Gasteiger partial charge is 0.255 e. The molecule has 1 rings (SSSR count). The maximum Gasteiger partial charge on any atom is 0.255 e. The molecular formula is C11H14ClNO2. The minimum atomic E-state index is -0.106. The summed E-state index contributed by atoms with van der Waals surface area (Å²) in [6, 6.07) is 4.37. The van der Waals surface area contributed by atoms with Crippen molar-refractivity contribution in [2.75, 3.05) is 13.1 Å². The molecule has 0 heterocycles. The summed E-state index contributed by atoms with van der Waals surface area (Å²) >= 11 is 5.87. The van der Waals surface area contributed by atoms with Crippen LogP contribution in [-0.2, 0) is 0 Å². The van der Waals surface area contributed by atoms with Crippen molar-refractivity contribution in [1.29, 1.82) is 0 Å². The third kappa shape index (κ3) is 2.63. The topological polar surface area (TPSA) is 40.5 Å². The second-order valence-corrected chi connectivity index (χ2v) is 3.55. The average Bonchev–Trinajstić information content (AvgIpc) is 2.19. The molecule has 0 aliphatic rings. The van der Waals surface area contributed by atoms with Crippen molar-refractivity contribution in [1.82, 2.24) is 4.90 Å². The molecule has 15 heavy (non-hydrogen) atoms. The number of amides is 1. The lowest BCUT2D eigenvalue weighted by atomic mass is 10.2. The normalized spacial score (nSPS) is 10.1. The third-order valence-corrected chi connectivity index (χ3v) is 2.55. The van der Waals surface area contributed by atoms with Crippen LogP contribution in [0, 0.1) is 0 Å². The lowest BCUT2D eigenvalue weighted by Gasteiger charge is -2.19. The molecule has 0 saturated carbocycles. The lowest BCUT2D eigenvalue weighted by Crippen LogP contribution is -2.30. The molecule has 0 aromatic heterocycles. The highest BCUT2D eigenvalue weighted by Crippen LogP contribution is 2.22. The molecule has 0 atom stereocenters. The fraction of sp³-hybridized carbons (Fsp3) is 0.364. The summed E-state index contributed by atoms with van der Waals surface area (Å²) in [5.74, 6) is -0.0407. The molecule has 1 N–H and O–H groups in total. The van der Waals surface area contributed by atoms with Gasteiger partial charge in [0.2, 0.25) is 0 Å². The van der Waals surface area contributed by atoms with Gasteiger partial charge in [0.1, 0.15) is 5.75 Å². The molecule has 82 valence electrons. The Kier molecular flexibility index (Phi) is 3.97. The summed E-state index contributed by atoms with van der Waals surface area (Å²) in [4.78, 5) is 13.6. The molecule has 0 unspecified atom stereocenters. The first-order valence-corrected chi connectivity index (χ1v) is 5.25. The summed E-state index contributed by atoms with van der Waals surface area (Å²) in [5, 5.41) is 9.45. The standard InChI is InChI=1S/C11H14ClNO2/c1-3-13(4-2)11(15)9-6-5-8(14)7-10(9)12/h5-7,14H,3-4H2,1-2H3. The number of hydrogen-bond donors (Lipinski definition) is 1. The van der Waals surface area contributed by atoms with E-state index in [0.29, 0.717) is 18.7 Å². The van der Waals surface area contributed by atoms with Gasteiger partial charge in [-0.1, -0.05) is 11.6 Å². The molecule has 0 spiro atoms. The Labute approximate surface area is 94.3 Å². The molecule has 4 heteroatoms. The highest BCUT2D eigenvalue weighted by molar-refractivity contribution is 6.34. The van der Waals surface area contributed by atoms with E-state index in [1.165, 1.54) is 12.1 Å². The number of hydrogen-bond acceptors (Lipinski definition) is 2. The molecular weight excluding hydrogens is 214 g/mol. The third-order valence-electron chi connectivity index (χ3n) is 2.23. The summed E-state index contributed by atoms with van der Waals surface area (Å²) in [6.07, 6.45) is 0. The van der Waals surface area contributed by atoms with Crippen LogP contribution in [0.5, 0.6) is 5.75 Å². The van der Waals surface area contributed by atoms with Gasteiger partial charge >= 0.3 is 0 Å². The van der Waals surface area contributed by atoms with Gasteiger partial charge in [-0.05, 0) is 32.0 Å². The quantitative estimate of drug-likeness (QED) is 0.862. The van der Waals surface area contributed by atoms with Crippen LogP contribution in [0.2, 0.25) is 5.02 Å². The van der Waals surface area contributed by atoms with Crippen LogP contribution in [0.1, 0.15) is 24.2 Å². The van der Waals surface area contributed by atoms with Gasteiger partial charge in [-0.15, -0.1) is 0 Å². The average molecular weight is 228 g/mol. The maximum atomic E-state index is 11.9. The molecule has 1 amide bonds. The highest BCUT2D eigenvalue weighted by atomic mass is 35.5. The first-order valence-electron chi connectivity index (χ1n) is 4.88. The van der Waals surface area contributed by atoms with Crippen LogP contribution in [0.4, 0.5) is 0 Å². The Bertz CT molecular complexity index is 362. The second-order valence-electron chi connectivity index (χ2n) is 3.14. The van der Waals surface area contributed by atoms with Gasteiger partial charge in [-0.25, -0.2) is 0 Å². The SMILES string of the molecule is CCN(CC)C(=O)c1ccc(O)cc1Cl. The van der Waals surface area contributed by atoms with Crippen LogP contribution in [0.3, 0.4) is 0 Å². The van der Waals surface area contributed by atoms with E-state index in [4.69, 9.17) is 16.7 Å². The molecule has 0 aliphatic heterocycles. The number of nitrogens with zero attached hydrogens (tertiary/aromatic N) is 1. The zero-order valence-electron chi connectivity index (χ0n) is 8.83. The van der Waals surface area contributed by atoms with Crippen LogP contribution in [0.25, 0.3) is 0 Å². The molecule has 1 aromatic rings. The summed E-state index contributed by atoms with van der Waals surface area (Å²) in [6.45, 7) is 5.12. The number of benzene rings is 1. The van der Waals surface area contributed by atoms with Gasteiger partial charge in [0.05, 0.1) is 10.6 Å². The largest absolute Gasteiger partial charge is 0.508 e. The number of rotatable bonds is 3. The molecule has 0 saturated heterocycles. The van der Waals surface area contributed by atoms with Crippen molar-refractivity contribution >= 4 is 17.5 Å². The van der Waals surface area contributed by atoms with E-state index < -0.39 is 0 Å². The molecule has 3 nitrogen and oxygen atoms in total. The van der Waals surface area contributed by atoms with Crippen molar-refractivity contribution in [3.8, 4) is 5.75 Å². The lowest BCUT2D eigenvalue weighted by molar-refractivity contribution is 0.0773. The highest BCUT2D eigenvalue weighted by Gasteiger charge is 2.15. The summed E-state index contributed by atoms with van der Waals surface area (Å²) in [7, 11) is 0. The maximum absolute atomic E-state index is 11.9. The molecule has 0 fully saturated rings. The van der Waals surface area contributed by atoms with Crippen LogP contribution in [0.15, 0.2) is 18.2 Å². The monoisotopic (exact) mass is 227 g/mol. The predicted octanol–water partition coefficient (Wildman–Crippen LogP) is 2.53. The number of phenols is 1. The van der Waals surface area contributed by atoms with Crippen LogP contribution in [-0.4, -0.2) is 29.0 Å². The fourth-order valence-electron chi connectivity index (χ4n) is 1.36. The first-order chi connectivity index (χ1) is 7.10. The van der Waals surface area contributed by atoms with E-state index >= 15 is 0 Å². The Morgan fingerprint density at radius 1 is 1.40 bits per heavy atom. The fourth-order valence-corrected chi connectivity index (χ4v) is 1.61. The number of carbonyl (C=O) groups excluding carboxylic acids is 1. The summed E-state index contributed by atoms with van der Waals surface area (Å²) < 4.78 is 0. The predicted molar refractivity (Wildman–Crippen MR) is 60.4 cm³/mol.